The first kappa shape index (κ1) is 11.5. The van der Waals surface area contributed by atoms with Crippen molar-refractivity contribution in [1.82, 2.24) is 4.90 Å². The monoisotopic (exact) mass is 265 g/mol. The quantitative estimate of drug-likeness (QED) is 0.679. The number of alkyl halides is 1. The number of hydrogen-bond acceptors (Lipinski definition) is 4. The number of rotatable bonds is 2. The number of Topliss-reactive ketones (excluding diaryl/α,β-unsaturated/α-hetero) is 1. The maximum absolute atomic E-state index is 11.4. The predicted molar refractivity (Wildman–Crippen MR) is 52.5 cm³/mol. The van der Waals surface area contributed by atoms with Crippen LogP contribution in [-0.2, 0) is 14.3 Å². The van der Waals surface area contributed by atoms with Gasteiger partial charge in [0.05, 0.1) is 25.7 Å². The van der Waals surface area contributed by atoms with E-state index in [0.29, 0.717) is 13.2 Å². The molecule has 0 spiro atoms. The lowest BCUT2D eigenvalue weighted by Gasteiger charge is -2.32. The predicted octanol–water partition coefficient (Wildman–Crippen LogP) is 0.418. The van der Waals surface area contributed by atoms with Crippen molar-refractivity contribution >= 4 is 27.8 Å². The molecule has 6 heteroatoms. The molecule has 0 aromatic heterocycles. The normalized spacial score (nSPS) is 21.9. The second-order valence-corrected chi connectivity index (χ2v) is 3.41. The van der Waals surface area contributed by atoms with E-state index in [9.17, 15) is 9.59 Å². The Balaban J connectivity index is 2.68. The first-order valence-corrected chi connectivity index (χ1v) is 5.34. The van der Waals surface area contributed by atoms with E-state index in [1.165, 1.54) is 12.0 Å². The molecule has 1 aliphatic heterocycles. The SMILES string of the molecule is COC(=O)N1CCOCC1C(=O)CBr. The molecule has 0 aliphatic carbocycles. The third-order valence-electron chi connectivity index (χ3n) is 2.04. The van der Waals surface area contributed by atoms with Gasteiger partial charge in [-0.3, -0.25) is 9.69 Å². The molecule has 14 heavy (non-hydrogen) atoms. The fraction of sp³-hybridized carbons (Fsp3) is 0.750. The van der Waals surface area contributed by atoms with E-state index in [1.807, 2.05) is 0 Å². The summed E-state index contributed by atoms with van der Waals surface area (Å²) in [6.07, 6.45) is -0.479. The van der Waals surface area contributed by atoms with Crippen LogP contribution in [0.4, 0.5) is 4.79 Å². The van der Waals surface area contributed by atoms with Crippen LogP contribution in [-0.4, -0.2) is 55.0 Å². The fourth-order valence-electron chi connectivity index (χ4n) is 1.30. The summed E-state index contributed by atoms with van der Waals surface area (Å²) in [5.74, 6) is -0.0740. The van der Waals surface area contributed by atoms with Gasteiger partial charge >= 0.3 is 6.09 Å². The minimum absolute atomic E-state index is 0.0740. The average molecular weight is 266 g/mol. The van der Waals surface area contributed by atoms with Crippen molar-refractivity contribution in [3.05, 3.63) is 0 Å². The van der Waals surface area contributed by atoms with Crippen molar-refractivity contribution in [2.24, 2.45) is 0 Å². The average Bonchev–Trinajstić information content (AvgIpc) is 2.27. The number of carbonyl (C=O) groups excluding carboxylic acids is 2. The second-order valence-electron chi connectivity index (χ2n) is 2.85. The largest absolute Gasteiger partial charge is 0.453 e. The van der Waals surface area contributed by atoms with Crippen LogP contribution in [0.25, 0.3) is 0 Å². The van der Waals surface area contributed by atoms with Crippen molar-refractivity contribution in [2.45, 2.75) is 6.04 Å². The van der Waals surface area contributed by atoms with Crippen LogP contribution in [0.2, 0.25) is 0 Å². The Labute approximate surface area is 90.5 Å². The Hall–Kier alpha value is -0.620. The van der Waals surface area contributed by atoms with Crippen molar-refractivity contribution in [3.8, 4) is 0 Å². The molecule has 5 nitrogen and oxygen atoms in total. The Morgan fingerprint density at radius 1 is 1.64 bits per heavy atom. The number of halogens is 1. The summed E-state index contributed by atoms with van der Waals surface area (Å²) in [4.78, 5) is 24.1. The molecule has 1 heterocycles. The molecule has 1 fully saturated rings. The van der Waals surface area contributed by atoms with E-state index < -0.39 is 12.1 Å². The molecule has 0 saturated carbocycles. The highest BCUT2D eigenvalue weighted by Crippen LogP contribution is 2.10. The third kappa shape index (κ3) is 2.45. The molecule has 0 aromatic carbocycles. The summed E-state index contributed by atoms with van der Waals surface area (Å²) in [7, 11) is 1.30. The first-order chi connectivity index (χ1) is 6.70. The molecule has 1 atom stereocenters. The molecule has 1 aliphatic rings. The number of hydrogen-bond donors (Lipinski definition) is 0. The van der Waals surface area contributed by atoms with Gasteiger partial charge in [-0.25, -0.2) is 4.79 Å². The Bertz CT molecular complexity index is 209. The maximum atomic E-state index is 11.4. The van der Waals surface area contributed by atoms with Crippen molar-refractivity contribution in [1.29, 1.82) is 0 Å². The van der Waals surface area contributed by atoms with E-state index in [2.05, 4.69) is 20.7 Å². The summed E-state index contributed by atoms with van der Waals surface area (Å²) < 4.78 is 9.72. The van der Waals surface area contributed by atoms with Crippen LogP contribution in [0.1, 0.15) is 0 Å². The lowest BCUT2D eigenvalue weighted by atomic mass is 10.2. The second kappa shape index (κ2) is 5.31. The van der Waals surface area contributed by atoms with Gasteiger partial charge < -0.3 is 9.47 Å². The lowest BCUT2D eigenvalue weighted by molar-refractivity contribution is -0.126. The highest BCUT2D eigenvalue weighted by Gasteiger charge is 2.32. The number of ketones is 1. The van der Waals surface area contributed by atoms with Crippen molar-refractivity contribution in [2.75, 3.05) is 32.2 Å². The summed E-state index contributed by atoms with van der Waals surface area (Å²) in [5, 5.41) is 0.217. The Kier molecular flexibility index (Phi) is 4.34. The van der Waals surface area contributed by atoms with E-state index in [0.717, 1.165) is 0 Å². The number of methoxy groups -OCH3 is 1. The molecule has 1 amide bonds. The minimum Gasteiger partial charge on any atom is -0.453 e. The molecule has 1 rings (SSSR count). The van der Waals surface area contributed by atoms with Crippen LogP contribution in [0.5, 0.6) is 0 Å². The molecule has 0 N–H and O–H groups in total. The number of morpholine rings is 1. The fourth-order valence-corrected chi connectivity index (χ4v) is 1.67. The molecule has 0 bridgehead atoms. The van der Waals surface area contributed by atoms with Gasteiger partial charge in [-0.05, 0) is 0 Å². The molecular formula is C8H12BrNO4. The number of amides is 1. The summed E-state index contributed by atoms with van der Waals surface area (Å²) in [5.41, 5.74) is 0. The number of nitrogens with zero attached hydrogens (tertiary/aromatic N) is 1. The topological polar surface area (TPSA) is 55.8 Å². The Morgan fingerprint density at radius 3 is 2.93 bits per heavy atom. The number of carbonyl (C=O) groups is 2. The van der Waals surface area contributed by atoms with Gasteiger partial charge in [0.1, 0.15) is 6.04 Å². The van der Waals surface area contributed by atoms with E-state index in [-0.39, 0.29) is 17.7 Å². The van der Waals surface area contributed by atoms with Crippen molar-refractivity contribution < 1.29 is 19.1 Å². The molecule has 0 aromatic rings. The number of ether oxygens (including phenoxy) is 2. The smallest absolute Gasteiger partial charge is 0.410 e. The van der Waals surface area contributed by atoms with E-state index >= 15 is 0 Å². The van der Waals surface area contributed by atoms with E-state index in [4.69, 9.17) is 4.74 Å². The van der Waals surface area contributed by atoms with Gasteiger partial charge in [0, 0.05) is 6.54 Å². The molecular weight excluding hydrogens is 254 g/mol. The van der Waals surface area contributed by atoms with Gasteiger partial charge in [-0.15, -0.1) is 0 Å². The van der Waals surface area contributed by atoms with Crippen LogP contribution in [0.3, 0.4) is 0 Å². The standard InChI is InChI=1S/C8H12BrNO4/c1-13-8(12)10-2-3-14-5-6(10)7(11)4-9/h6H,2-5H2,1H3. The van der Waals surface area contributed by atoms with Crippen LogP contribution < -0.4 is 0 Å². The minimum atomic E-state index is -0.518. The van der Waals surface area contributed by atoms with Gasteiger partial charge in [-0.1, -0.05) is 15.9 Å². The third-order valence-corrected chi connectivity index (χ3v) is 2.59. The Morgan fingerprint density at radius 2 is 2.36 bits per heavy atom. The van der Waals surface area contributed by atoms with Crippen LogP contribution in [0.15, 0.2) is 0 Å². The maximum Gasteiger partial charge on any atom is 0.410 e. The zero-order valence-corrected chi connectivity index (χ0v) is 9.45. The van der Waals surface area contributed by atoms with Gasteiger partial charge in [0.15, 0.2) is 5.78 Å². The van der Waals surface area contributed by atoms with Crippen LogP contribution >= 0.6 is 15.9 Å². The zero-order chi connectivity index (χ0) is 10.6. The highest BCUT2D eigenvalue weighted by molar-refractivity contribution is 9.09. The first-order valence-electron chi connectivity index (χ1n) is 4.21. The van der Waals surface area contributed by atoms with Crippen LogP contribution in [0, 0.1) is 0 Å². The van der Waals surface area contributed by atoms with E-state index in [1.54, 1.807) is 0 Å². The zero-order valence-electron chi connectivity index (χ0n) is 7.86. The summed E-state index contributed by atoms with van der Waals surface area (Å²) in [6, 6.07) is -0.518. The van der Waals surface area contributed by atoms with Crippen molar-refractivity contribution in [3.63, 3.8) is 0 Å². The van der Waals surface area contributed by atoms with Gasteiger partial charge in [0.2, 0.25) is 0 Å². The summed E-state index contributed by atoms with van der Waals surface area (Å²) >= 11 is 3.06. The van der Waals surface area contributed by atoms with Gasteiger partial charge in [0.25, 0.3) is 0 Å². The van der Waals surface area contributed by atoms with Gasteiger partial charge in [-0.2, -0.15) is 0 Å². The molecule has 1 saturated heterocycles. The molecule has 80 valence electrons. The molecule has 1 unspecified atom stereocenters. The lowest BCUT2D eigenvalue weighted by Crippen LogP contribution is -2.52. The highest BCUT2D eigenvalue weighted by atomic mass is 79.9. The molecule has 0 radical (unpaired) electrons. The summed E-state index contributed by atoms with van der Waals surface area (Å²) in [6.45, 7) is 1.09.